The molecule has 3 heterocycles. The number of benzene rings is 1. The lowest BCUT2D eigenvalue weighted by atomic mass is 9.79. The SMILES string of the molecule is CC(C)Oc1cc(C(=O)NCC2(CN3CCOCC3)CCOCC2)cc2occc12. The van der Waals surface area contributed by atoms with Gasteiger partial charge >= 0.3 is 0 Å². The average Bonchev–Trinajstić information content (AvgIpc) is 3.22. The number of fused-ring (bicyclic) bond motifs is 1. The summed E-state index contributed by atoms with van der Waals surface area (Å²) in [5.74, 6) is 0.574. The van der Waals surface area contributed by atoms with E-state index in [1.165, 1.54) is 0 Å². The van der Waals surface area contributed by atoms with Crippen LogP contribution < -0.4 is 10.1 Å². The Morgan fingerprint density at radius 3 is 2.63 bits per heavy atom. The van der Waals surface area contributed by atoms with E-state index in [9.17, 15) is 4.79 Å². The van der Waals surface area contributed by atoms with Crippen molar-refractivity contribution in [2.75, 3.05) is 52.6 Å². The first kappa shape index (κ1) is 21.2. The summed E-state index contributed by atoms with van der Waals surface area (Å²) in [6, 6.07) is 5.47. The highest BCUT2D eigenvalue weighted by Gasteiger charge is 2.35. The number of amides is 1. The third kappa shape index (κ3) is 4.96. The first-order chi connectivity index (χ1) is 14.5. The Balaban J connectivity index is 1.47. The maximum atomic E-state index is 13.1. The predicted octanol–water partition coefficient (Wildman–Crippen LogP) is 3.08. The van der Waals surface area contributed by atoms with Crippen molar-refractivity contribution in [3.05, 3.63) is 30.0 Å². The molecule has 2 fully saturated rings. The molecule has 1 aromatic heterocycles. The van der Waals surface area contributed by atoms with Crippen molar-refractivity contribution in [1.82, 2.24) is 10.2 Å². The zero-order valence-electron chi connectivity index (χ0n) is 17.9. The number of hydrogen-bond donors (Lipinski definition) is 1. The Kier molecular flexibility index (Phi) is 6.61. The minimum Gasteiger partial charge on any atom is -0.490 e. The topological polar surface area (TPSA) is 73.2 Å². The van der Waals surface area contributed by atoms with E-state index in [1.54, 1.807) is 12.3 Å². The molecule has 7 nitrogen and oxygen atoms in total. The molecule has 1 N–H and O–H groups in total. The van der Waals surface area contributed by atoms with Crippen molar-refractivity contribution >= 4 is 16.9 Å². The van der Waals surface area contributed by atoms with E-state index >= 15 is 0 Å². The van der Waals surface area contributed by atoms with Gasteiger partial charge in [0.25, 0.3) is 5.91 Å². The Labute approximate surface area is 177 Å². The third-order valence-corrected chi connectivity index (χ3v) is 6.00. The summed E-state index contributed by atoms with van der Waals surface area (Å²) in [7, 11) is 0. The summed E-state index contributed by atoms with van der Waals surface area (Å²) in [6.45, 7) is 10.5. The highest BCUT2D eigenvalue weighted by atomic mass is 16.5. The molecule has 0 radical (unpaired) electrons. The van der Waals surface area contributed by atoms with E-state index in [-0.39, 0.29) is 17.4 Å². The minimum absolute atomic E-state index is 0.0143. The second-order valence-corrected chi connectivity index (χ2v) is 8.66. The van der Waals surface area contributed by atoms with Gasteiger partial charge in [-0.1, -0.05) is 0 Å². The Morgan fingerprint density at radius 2 is 1.90 bits per heavy atom. The number of ether oxygens (including phenoxy) is 3. The Bertz CT molecular complexity index is 850. The van der Waals surface area contributed by atoms with Crippen molar-refractivity contribution in [2.45, 2.75) is 32.8 Å². The molecule has 0 unspecified atom stereocenters. The van der Waals surface area contributed by atoms with Gasteiger partial charge < -0.3 is 23.9 Å². The van der Waals surface area contributed by atoms with Gasteiger partial charge in [0.1, 0.15) is 11.3 Å². The van der Waals surface area contributed by atoms with Gasteiger partial charge in [-0.2, -0.15) is 0 Å². The van der Waals surface area contributed by atoms with Crippen molar-refractivity contribution in [2.24, 2.45) is 5.41 Å². The van der Waals surface area contributed by atoms with Crippen LogP contribution in [0.1, 0.15) is 37.0 Å². The molecule has 2 saturated heterocycles. The highest BCUT2D eigenvalue weighted by molar-refractivity contribution is 5.99. The molecule has 2 aliphatic heterocycles. The molecule has 2 aliphatic rings. The van der Waals surface area contributed by atoms with Gasteiger partial charge in [-0.15, -0.1) is 0 Å². The maximum absolute atomic E-state index is 13.1. The lowest BCUT2D eigenvalue weighted by molar-refractivity contribution is -0.0283. The molecule has 4 rings (SSSR count). The summed E-state index contributed by atoms with van der Waals surface area (Å²) < 4.78 is 22.6. The molecule has 0 aliphatic carbocycles. The molecule has 164 valence electrons. The summed E-state index contributed by atoms with van der Waals surface area (Å²) in [5, 5.41) is 4.07. The highest BCUT2D eigenvalue weighted by Crippen LogP contribution is 2.32. The summed E-state index contributed by atoms with van der Waals surface area (Å²) >= 11 is 0. The number of nitrogens with one attached hydrogen (secondary N) is 1. The summed E-state index contributed by atoms with van der Waals surface area (Å²) in [5.41, 5.74) is 1.24. The van der Waals surface area contributed by atoms with E-state index in [0.717, 1.165) is 64.3 Å². The third-order valence-electron chi connectivity index (χ3n) is 6.00. The first-order valence-electron chi connectivity index (χ1n) is 10.9. The van der Waals surface area contributed by atoms with Gasteiger partial charge in [-0.25, -0.2) is 0 Å². The molecule has 30 heavy (non-hydrogen) atoms. The van der Waals surface area contributed by atoms with Gasteiger partial charge in [0.2, 0.25) is 0 Å². The second-order valence-electron chi connectivity index (χ2n) is 8.66. The van der Waals surface area contributed by atoms with Crippen LogP contribution in [0, 0.1) is 5.41 Å². The van der Waals surface area contributed by atoms with Crippen LogP contribution in [0.5, 0.6) is 5.75 Å². The van der Waals surface area contributed by atoms with Gasteiger partial charge in [0.15, 0.2) is 0 Å². The molecule has 7 heteroatoms. The van der Waals surface area contributed by atoms with Crippen LogP contribution in [0.3, 0.4) is 0 Å². The van der Waals surface area contributed by atoms with Gasteiger partial charge in [0.05, 0.1) is 31.0 Å². The molecular formula is C23H32N2O5. The number of carbonyl (C=O) groups excluding carboxylic acids is 1. The lowest BCUT2D eigenvalue weighted by Gasteiger charge is -2.42. The van der Waals surface area contributed by atoms with Gasteiger partial charge in [-0.05, 0) is 44.9 Å². The summed E-state index contributed by atoms with van der Waals surface area (Å²) in [4.78, 5) is 15.5. The number of hydrogen-bond acceptors (Lipinski definition) is 6. The molecule has 1 amide bonds. The normalized spacial score (nSPS) is 19.8. The monoisotopic (exact) mass is 416 g/mol. The molecule has 0 spiro atoms. The summed E-state index contributed by atoms with van der Waals surface area (Å²) in [6.07, 6.45) is 3.53. The van der Waals surface area contributed by atoms with Crippen LogP contribution in [0.25, 0.3) is 11.0 Å². The standard InChI is InChI=1S/C23H32N2O5/c1-17(2)30-21-14-18(13-20-19(21)3-8-29-20)22(26)24-15-23(4-9-27-10-5-23)16-25-6-11-28-12-7-25/h3,8,13-14,17H,4-7,9-12,15-16H2,1-2H3,(H,24,26). The molecular weight excluding hydrogens is 384 g/mol. The Hall–Kier alpha value is -2.09. The van der Waals surface area contributed by atoms with Crippen molar-refractivity contribution in [3.63, 3.8) is 0 Å². The van der Waals surface area contributed by atoms with Crippen molar-refractivity contribution in [1.29, 1.82) is 0 Å². The van der Waals surface area contributed by atoms with E-state index < -0.39 is 0 Å². The quantitative estimate of drug-likeness (QED) is 0.748. The fraction of sp³-hybridized carbons (Fsp3) is 0.609. The smallest absolute Gasteiger partial charge is 0.251 e. The first-order valence-corrected chi connectivity index (χ1v) is 10.9. The van der Waals surface area contributed by atoms with Crippen molar-refractivity contribution in [3.8, 4) is 5.75 Å². The lowest BCUT2D eigenvalue weighted by Crippen LogP contribution is -2.50. The fourth-order valence-corrected chi connectivity index (χ4v) is 4.32. The Morgan fingerprint density at radius 1 is 1.17 bits per heavy atom. The number of furan rings is 1. The van der Waals surface area contributed by atoms with Gasteiger partial charge in [-0.3, -0.25) is 9.69 Å². The van der Waals surface area contributed by atoms with E-state index in [0.29, 0.717) is 23.4 Å². The predicted molar refractivity (Wildman–Crippen MR) is 114 cm³/mol. The molecule has 2 aromatic rings. The minimum atomic E-state index is -0.102. The van der Waals surface area contributed by atoms with E-state index in [4.69, 9.17) is 18.6 Å². The number of morpholine rings is 1. The molecule has 0 saturated carbocycles. The fourth-order valence-electron chi connectivity index (χ4n) is 4.32. The van der Waals surface area contributed by atoms with Crippen LogP contribution in [0.2, 0.25) is 0 Å². The van der Waals surface area contributed by atoms with Crippen LogP contribution in [-0.2, 0) is 9.47 Å². The number of nitrogens with zero attached hydrogens (tertiary/aromatic N) is 1. The van der Waals surface area contributed by atoms with Crippen molar-refractivity contribution < 1.29 is 23.4 Å². The second kappa shape index (κ2) is 9.37. The van der Waals surface area contributed by atoms with E-state index in [2.05, 4.69) is 10.2 Å². The van der Waals surface area contributed by atoms with E-state index in [1.807, 2.05) is 26.0 Å². The van der Waals surface area contributed by atoms with Crippen LogP contribution in [-0.4, -0.2) is 69.5 Å². The van der Waals surface area contributed by atoms with Crippen LogP contribution >= 0.6 is 0 Å². The largest absolute Gasteiger partial charge is 0.490 e. The zero-order valence-corrected chi connectivity index (χ0v) is 17.9. The van der Waals surface area contributed by atoms with Gasteiger partial charge in [0, 0.05) is 50.4 Å². The molecule has 0 atom stereocenters. The number of rotatable bonds is 7. The zero-order chi connectivity index (χ0) is 21.0. The van der Waals surface area contributed by atoms with Crippen LogP contribution in [0.4, 0.5) is 0 Å². The van der Waals surface area contributed by atoms with Crippen LogP contribution in [0.15, 0.2) is 28.9 Å². The average molecular weight is 417 g/mol. The molecule has 0 bridgehead atoms. The molecule has 1 aromatic carbocycles. The maximum Gasteiger partial charge on any atom is 0.251 e. The number of carbonyl (C=O) groups is 1.